The van der Waals surface area contributed by atoms with Gasteiger partial charge in [-0.25, -0.2) is 0 Å². The maximum Gasteiger partial charge on any atom is 0.0375 e. The second-order valence-corrected chi connectivity index (χ2v) is 6.27. The van der Waals surface area contributed by atoms with Gasteiger partial charge < -0.3 is 5.32 Å². The summed E-state index contributed by atoms with van der Waals surface area (Å²) in [5.41, 5.74) is 4.49. The van der Waals surface area contributed by atoms with E-state index in [0.717, 1.165) is 25.2 Å². The van der Waals surface area contributed by atoms with E-state index in [2.05, 4.69) is 42.3 Å². The van der Waals surface area contributed by atoms with Gasteiger partial charge in [0.2, 0.25) is 0 Å². The summed E-state index contributed by atoms with van der Waals surface area (Å²) in [5.74, 6) is 0. The van der Waals surface area contributed by atoms with Crippen molar-refractivity contribution in [1.82, 2.24) is 4.90 Å². The Morgan fingerprint density at radius 1 is 1.16 bits per heavy atom. The van der Waals surface area contributed by atoms with Crippen molar-refractivity contribution in [2.24, 2.45) is 0 Å². The van der Waals surface area contributed by atoms with Gasteiger partial charge in [-0.15, -0.1) is 0 Å². The van der Waals surface area contributed by atoms with Crippen LogP contribution in [0.3, 0.4) is 0 Å². The molecular formula is C17H26N2. The van der Waals surface area contributed by atoms with E-state index in [-0.39, 0.29) is 0 Å². The lowest BCUT2D eigenvalue weighted by molar-refractivity contribution is 0.0950. The van der Waals surface area contributed by atoms with Gasteiger partial charge in [0, 0.05) is 30.9 Å². The van der Waals surface area contributed by atoms with Gasteiger partial charge in [-0.05, 0) is 56.7 Å². The molecule has 2 atom stereocenters. The zero-order valence-corrected chi connectivity index (χ0v) is 12.3. The Morgan fingerprint density at radius 3 is 2.74 bits per heavy atom. The van der Waals surface area contributed by atoms with Crippen LogP contribution in [0.1, 0.15) is 50.7 Å². The monoisotopic (exact) mass is 258 g/mol. The second kappa shape index (κ2) is 5.54. The normalized spacial score (nSPS) is 27.7. The molecule has 1 saturated heterocycles. The SMILES string of the molecule is CC1CCCC(C)N1Cc1cccc2c1CCCN2. The smallest absolute Gasteiger partial charge is 0.0375 e. The largest absolute Gasteiger partial charge is 0.385 e. The fraction of sp³-hybridized carbons (Fsp3) is 0.647. The molecule has 2 unspecified atom stereocenters. The third kappa shape index (κ3) is 2.64. The number of fused-ring (bicyclic) bond motifs is 1. The van der Waals surface area contributed by atoms with Crippen molar-refractivity contribution in [3.05, 3.63) is 29.3 Å². The van der Waals surface area contributed by atoms with Crippen molar-refractivity contribution in [3.63, 3.8) is 0 Å². The Bertz CT molecular complexity index is 431. The number of hydrogen-bond acceptors (Lipinski definition) is 2. The summed E-state index contributed by atoms with van der Waals surface area (Å²) in [6, 6.07) is 8.25. The number of piperidine rings is 1. The molecule has 1 aromatic rings. The first-order valence-electron chi connectivity index (χ1n) is 7.86. The van der Waals surface area contributed by atoms with Crippen LogP contribution >= 0.6 is 0 Å². The first-order chi connectivity index (χ1) is 9.25. The predicted molar refractivity (Wildman–Crippen MR) is 81.6 cm³/mol. The zero-order chi connectivity index (χ0) is 13.2. The summed E-state index contributed by atoms with van der Waals surface area (Å²) in [4.78, 5) is 2.70. The lowest BCUT2D eigenvalue weighted by Crippen LogP contribution is -2.43. The molecule has 2 aliphatic heterocycles. The number of benzene rings is 1. The summed E-state index contributed by atoms with van der Waals surface area (Å²) in [6.45, 7) is 7.05. The highest BCUT2D eigenvalue weighted by molar-refractivity contribution is 5.56. The van der Waals surface area contributed by atoms with E-state index in [1.54, 1.807) is 11.1 Å². The summed E-state index contributed by atoms with van der Waals surface area (Å²) in [5, 5.41) is 3.54. The van der Waals surface area contributed by atoms with E-state index in [0.29, 0.717) is 0 Å². The molecule has 2 heteroatoms. The molecule has 1 fully saturated rings. The van der Waals surface area contributed by atoms with Crippen molar-refractivity contribution < 1.29 is 0 Å². The van der Waals surface area contributed by atoms with Gasteiger partial charge >= 0.3 is 0 Å². The van der Waals surface area contributed by atoms with E-state index < -0.39 is 0 Å². The van der Waals surface area contributed by atoms with Crippen LogP contribution < -0.4 is 5.32 Å². The van der Waals surface area contributed by atoms with Crippen molar-refractivity contribution in [2.45, 2.75) is 64.6 Å². The average molecular weight is 258 g/mol. The Morgan fingerprint density at radius 2 is 1.95 bits per heavy atom. The lowest BCUT2D eigenvalue weighted by atomic mass is 9.93. The molecule has 2 heterocycles. The van der Waals surface area contributed by atoms with Crippen LogP contribution in [0.25, 0.3) is 0 Å². The van der Waals surface area contributed by atoms with Crippen molar-refractivity contribution in [1.29, 1.82) is 0 Å². The molecule has 0 radical (unpaired) electrons. The molecular weight excluding hydrogens is 232 g/mol. The summed E-state index contributed by atoms with van der Waals surface area (Å²) in [7, 11) is 0. The number of hydrogen-bond donors (Lipinski definition) is 1. The molecule has 0 saturated carbocycles. The van der Waals surface area contributed by atoms with Crippen LogP contribution in [0.5, 0.6) is 0 Å². The molecule has 0 spiro atoms. The minimum Gasteiger partial charge on any atom is -0.385 e. The van der Waals surface area contributed by atoms with Crippen LogP contribution in [0, 0.1) is 0 Å². The maximum atomic E-state index is 3.54. The maximum absolute atomic E-state index is 3.54. The number of rotatable bonds is 2. The number of nitrogens with one attached hydrogen (secondary N) is 1. The summed E-state index contributed by atoms with van der Waals surface area (Å²) in [6.07, 6.45) is 6.63. The second-order valence-electron chi connectivity index (χ2n) is 6.27. The van der Waals surface area contributed by atoms with Gasteiger partial charge in [-0.1, -0.05) is 18.6 Å². The van der Waals surface area contributed by atoms with Crippen molar-refractivity contribution in [2.75, 3.05) is 11.9 Å². The number of likely N-dealkylation sites (tertiary alicyclic amines) is 1. The van der Waals surface area contributed by atoms with E-state index in [1.807, 2.05) is 0 Å². The summed E-state index contributed by atoms with van der Waals surface area (Å²) < 4.78 is 0. The van der Waals surface area contributed by atoms with Crippen LogP contribution in [0.15, 0.2) is 18.2 Å². The van der Waals surface area contributed by atoms with Crippen molar-refractivity contribution >= 4 is 5.69 Å². The highest BCUT2D eigenvalue weighted by Crippen LogP contribution is 2.29. The van der Waals surface area contributed by atoms with Gasteiger partial charge in [0.25, 0.3) is 0 Å². The molecule has 0 aliphatic carbocycles. The van der Waals surface area contributed by atoms with Crippen LogP contribution in [0.2, 0.25) is 0 Å². The molecule has 0 bridgehead atoms. The highest BCUT2D eigenvalue weighted by Gasteiger charge is 2.25. The first-order valence-corrected chi connectivity index (χ1v) is 7.86. The molecule has 1 N–H and O–H groups in total. The summed E-state index contributed by atoms with van der Waals surface area (Å²) >= 11 is 0. The molecule has 2 aliphatic rings. The molecule has 0 aromatic heterocycles. The minimum atomic E-state index is 0.733. The number of nitrogens with zero attached hydrogens (tertiary/aromatic N) is 1. The van der Waals surface area contributed by atoms with Crippen LogP contribution in [0.4, 0.5) is 5.69 Å². The molecule has 19 heavy (non-hydrogen) atoms. The molecule has 2 nitrogen and oxygen atoms in total. The van der Waals surface area contributed by atoms with Crippen molar-refractivity contribution in [3.8, 4) is 0 Å². The van der Waals surface area contributed by atoms with E-state index in [1.165, 1.54) is 37.8 Å². The molecule has 104 valence electrons. The first kappa shape index (κ1) is 13.0. The van der Waals surface area contributed by atoms with Crippen LogP contribution in [-0.2, 0) is 13.0 Å². The Balaban J connectivity index is 1.82. The Labute approximate surface area is 117 Å². The molecule has 0 amide bonds. The predicted octanol–water partition coefficient (Wildman–Crippen LogP) is 3.81. The van der Waals surface area contributed by atoms with E-state index in [4.69, 9.17) is 0 Å². The topological polar surface area (TPSA) is 15.3 Å². The fourth-order valence-electron chi connectivity index (χ4n) is 3.71. The quantitative estimate of drug-likeness (QED) is 0.868. The van der Waals surface area contributed by atoms with E-state index in [9.17, 15) is 0 Å². The van der Waals surface area contributed by atoms with E-state index >= 15 is 0 Å². The Hall–Kier alpha value is -1.02. The van der Waals surface area contributed by atoms with Gasteiger partial charge in [-0.3, -0.25) is 4.90 Å². The zero-order valence-electron chi connectivity index (χ0n) is 12.3. The standard InChI is InChI=1S/C17H26N2/c1-13-6-3-7-14(2)19(13)12-15-8-4-10-17-16(15)9-5-11-18-17/h4,8,10,13-14,18H,3,5-7,9,11-12H2,1-2H3. The van der Waals surface area contributed by atoms with Crippen LogP contribution in [-0.4, -0.2) is 23.5 Å². The third-order valence-corrected chi connectivity index (χ3v) is 4.92. The van der Waals surface area contributed by atoms with Gasteiger partial charge in [0.05, 0.1) is 0 Å². The van der Waals surface area contributed by atoms with Gasteiger partial charge in [0.1, 0.15) is 0 Å². The third-order valence-electron chi connectivity index (χ3n) is 4.92. The molecule has 3 rings (SSSR count). The van der Waals surface area contributed by atoms with Gasteiger partial charge in [0.15, 0.2) is 0 Å². The highest BCUT2D eigenvalue weighted by atomic mass is 15.2. The lowest BCUT2D eigenvalue weighted by Gasteiger charge is -2.39. The average Bonchev–Trinajstić information content (AvgIpc) is 2.43. The minimum absolute atomic E-state index is 0.733. The van der Waals surface area contributed by atoms with Gasteiger partial charge in [-0.2, -0.15) is 0 Å². The molecule has 1 aromatic carbocycles. The Kier molecular flexibility index (Phi) is 3.79. The number of anilines is 1. The fourth-order valence-corrected chi connectivity index (χ4v) is 3.71.